The van der Waals surface area contributed by atoms with Crippen molar-refractivity contribution in [1.82, 2.24) is 15.2 Å². The van der Waals surface area contributed by atoms with Crippen LogP contribution in [0.4, 0.5) is 5.69 Å². The number of nitrogens with one attached hydrogen (secondary N) is 1. The zero-order valence-electron chi connectivity index (χ0n) is 15.1. The molecular formula is C20H26N4O2. The summed E-state index contributed by atoms with van der Waals surface area (Å²) in [6, 6.07) is 2.14. The first-order valence-electron chi connectivity index (χ1n) is 9.92. The van der Waals surface area contributed by atoms with E-state index < -0.39 is 0 Å². The molecule has 5 rings (SSSR count). The molecule has 5 heterocycles. The van der Waals surface area contributed by atoms with Crippen molar-refractivity contribution >= 4 is 22.6 Å². The normalized spacial score (nSPS) is 28.5. The molecule has 0 radical (unpaired) electrons. The van der Waals surface area contributed by atoms with E-state index in [1.807, 2.05) is 12.3 Å². The summed E-state index contributed by atoms with van der Waals surface area (Å²) in [5, 5.41) is 4.20. The molecule has 2 unspecified atom stereocenters. The van der Waals surface area contributed by atoms with E-state index in [4.69, 9.17) is 4.42 Å². The molecule has 3 saturated heterocycles. The Morgan fingerprint density at radius 1 is 1.19 bits per heavy atom. The standard InChI is InChI=1S/C20H26N4O2/c25-20(22-15-8-14-4-7-23(11-14)12-15)17-9-16-18(13-26-19(16)10-21-17)24-5-2-1-3-6-24/h9-10,13-15H,1-8,11-12H2,(H,22,25)/t14?,15-/m1/s1. The van der Waals surface area contributed by atoms with Crippen molar-refractivity contribution in [3.63, 3.8) is 0 Å². The first-order valence-corrected chi connectivity index (χ1v) is 9.92. The van der Waals surface area contributed by atoms with Crippen LogP contribution in [0, 0.1) is 5.92 Å². The third-order valence-electron chi connectivity index (χ3n) is 6.17. The molecule has 0 saturated carbocycles. The third kappa shape index (κ3) is 2.96. The molecule has 3 aliphatic rings. The van der Waals surface area contributed by atoms with Crippen LogP contribution < -0.4 is 10.2 Å². The minimum atomic E-state index is -0.0646. The van der Waals surface area contributed by atoms with Gasteiger partial charge in [-0.25, -0.2) is 4.98 Å². The van der Waals surface area contributed by atoms with Crippen LogP contribution >= 0.6 is 0 Å². The van der Waals surface area contributed by atoms with E-state index in [2.05, 4.69) is 20.1 Å². The van der Waals surface area contributed by atoms with Gasteiger partial charge in [-0.1, -0.05) is 0 Å². The number of anilines is 1. The fourth-order valence-electron chi connectivity index (χ4n) is 4.85. The Labute approximate surface area is 153 Å². The van der Waals surface area contributed by atoms with Crippen LogP contribution in [0.2, 0.25) is 0 Å². The number of hydrogen-bond acceptors (Lipinski definition) is 5. The Bertz CT molecular complexity index is 799. The number of furan rings is 1. The van der Waals surface area contributed by atoms with Crippen molar-refractivity contribution in [2.45, 2.75) is 38.1 Å². The van der Waals surface area contributed by atoms with Gasteiger partial charge in [-0.2, -0.15) is 0 Å². The molecule has 1 N–H and O–H groups in total. The molecule has 2 aromatic rings. The minimum Gasteiger partial charge on any atom is -0.460 e. The van der Waals surface area contributed by atoms with E-state index in [0.29, 0.717) is 5.69 Å². The van der Waals surface area contributed by atoms with Crippen LogP contribution in [0.1, 0.15) is 42.6 Å². The van der Waals surface area contributed by atoms with Gasteiger partial charge in [0.15, 0.2) is 5.58 Å². The number of amides is 1. The lowest BCUT2D eigenvalue weighted by molar-refractivity contribution is 0.0904. The number of hydrogen-bond donors (Lipinski definition) is 1. The zero-order valence-corrected chi connectivity index (χ0v) is 15.1. The molecule has 6 heteroatoms. The number of pyridine rings is 1. The second-order valence-corrected chi connectivity index (χ2v) is 8.05. The number of rotatable bonds is 3. The quantitative estimate of drug-likeness (QED) is 0.918. The highest BCUT2D eigenvalue weighted by molar-refractivity contribution is 5.99. The Hall–Kier alpha value is -2.08. The van der Waals surface area contributed by atoms with Crippen LogP contribution in [-0.2, 0) is 0 Å². The van der Waals surface area contributed by atoms with E-state index >= 15 is 0 Å². The van der Waals surface area contributed by atoms with E-state index in [9.17, 15) is 4.79 Å². The van der Waals surface area contributed by atoms with Crippen molar-refractivity contribution in [3.05, 3.63) is 24.2 Å². The van der Waals surface area contributed by atoms with Crippen LogP contribution in [0.15, 0.2) is 22.9 Å². The fraction of sp³-hybridized carbons (Fsp3) is 0.600. The topological polar surface area (TPSA) is 61.6 Å². The molecule has 3 atom stereocenters. The first kappa shape index (κ1) is 16.1. The number of fused-ring (bicyclic) bond motifs is 3. The Morgan fingerprint density at radius 3 is 2.92 bits per heavy atom. The molecule has 1 amide bonds. The fourth-order valence-corrected chi connectivity index (χ4v) is 4.85. The highest BCUT2D eigenvalue weighted by Crippen LogP contribution is 2.31. The van der Waals surface area contributed by atoms with Gasteiger partial charge in [0.05, 0.1) is 11.9 Å². The second kappa shape index (κ2) is 6.58. The van der Waals surface area contributed by atoms with Crippen molar-refractivity contribution in [3.8, 4) is 0 Å². The van der Waals surface area contributed by atoms with Gasteiger partial charge in [0, 0.05) is 37.6 Å². The molecule has 0 spiro atoms. The number of piperidine rings is 2. The molecule has 3 aliphatic heterocycles. The zero-order chi connectivity index (χ0) is 17.5. The van der Waals surface area contributed by atoms with Crippen LogP contribution in [0.3, 0.4) is 0 Å². The Balaban J connectivity index is 1.35. The molecule has 3 fully saturated rings. The summed E-state index contributed by atoms with van der Waals surface area (Å²) in [4.78, 5) is 21.9. The molecule has 26 heavy (non-hydrogen) atoms. The number of carbonyl (C=O) groups is 1. The third-order valence-corrected chi connectivity index (χ3v) is 6.17. The van der Waals surface area contributed by atoms with Gasteiger partial charge in [0.25, 0.3) is 5.91 Å². The second-order valence-electron chi connectivity index (χ2n) is 8.05. The highest BCUT2D eigenvalue weighted by Gasteiger charge is 2.33. The Morgan fingerprint density at radius 2 is 2.08 bits per heavy atom. The minimum absolute atomic E-state index is 0.0646. The maximum absolute atomic E-state index is 12.8. The van der Waals surface area contributed by atoms with Crippen molar-refractivity contribution < 1.29 is 9.21 Å². The smallest absolute Gasteiger partial charge is 0.270 e. The van der Waals surface area contributed by atoms with Gasteiger partial charge in [-0.15, -0.1) is 0 Å². The van der Waals surface area contributed by atoms with E-state index in [1.54, 1.807) is 6.20 Å². The SMILES string of the molecule is O=C(N[C@@H]1CC2CCN(C2)C1)c1cc2c(N3CCCCC3)coc2cn1. The van der Waals surface area contributed by atoms with Gasteiger partial charge in [-0.05, 0) is 50.6 Å². The van der Waals surface area contributed by atoms with Gasteiger partial charge in [-0.3, -0.25) is 4.79 Å². The molecule has 138 valence electrons. The van der Waals surface area contributed by atoms with Gasteiger partial charge >= 0.3 is 0 Å². The van der Waals surface area contributed by atoms with Crippen LogP contribution in [-0.4, -0.2) is 54.6 Å². The van der Waals surface area contributed by atoms with E-state index in [-0.39, 0.29) is 11.9 Å². The summed E-state index contributed by atoms with van der Waals surface area (Å²) >= 11 is 0. The predicted octanol–water partition coefficient (Wildman–Crippen LogP) is 2.64. The predicted molar refractivity (Wildman–Crippen MR) is 100 cm³/mol. The number of carbonyl (C=O) groups excluding carboxylic acids is 1. The van der Waals surface area contributed by atoms with E-state index in [1.165, 1.54) is 38.8 Å². The lowest BCUT2D eigenvalue weighted by Crippen LogP contribution is -2.47. The lowest BCUT2D eigenvalue weighted by Gasteiger charge is -2.30. The summed E-state index contributed by atoms with van der Waals surface area (Å²) < 4.78 is 5.68. The maximum atomic E-state index is 12.8. The monoisotopic (exact) mass is 354 g/mol. The first-order chi connectivity index (χ1) is 12.8. The van der Waals surface area contributed by atoms with Crippen molar-refractivity contribution in [2.75, 3.05) is 37.6 Å². The summed E-state index contributed by atoms with van der Waals surface area (Å²) in [5.74, 6) is 0.675. The number of aromatic nitrogens is 1. The molecular weight excluding hydrogens is 328 g/mol. The Kier molecular flexibility index (Phi) is 4.08. The number of nitrogens with zero attached hydrogens (tertiary/aromatic N) is 3. The van der Waals surface area contributed by atoms with E-state index in [0.717, 1.165) is 48.6 Å². The lowest BCUT2D eigenvalue weighted by atomic mass is 9.97. The van der Waals surface area contributed by atoms with Gasteiger partial charge in [0.1, 0.15) is 12.0 Å². The summed E-state index contributed by atoms with van der Waals surface area (Å²) in [6.45, 7) is 5.45. The maximum Gasteiger partial charge on any atom is 0.270 e. The average molecular weight is 354 g/mol. The van der Waals surface area contributed by atoms with Crippen molar-refractivity contribution in [1.29, 1.82) is 0 Å². The largest absolute Gasteiger partial charge is 0.460 e. The summed E-state index contributed by atoms with van der Waals surface area (Å²) in [7, 11) is 0. The van der Waals surface area contributed by atoms with Crippen LogP contribution in [0.5, 0.6) is 0 Å². The molecule has 2 bridgehead atoms. The molecule has 0 aromatic carbocycles. The highest BCUT2D eigenvalue weighted by atomic mass is 16.3. The van der Waals surface area contributed by atoms with Gasteiger partial charge < -0.3 is 19.5 Å². The van der Waals surface area contributed by atoms with Crippen LogP contribution in [0.25, 0.3) is 11.0 Å². The molecule has 2 aromatic heterocycles. The average Bonchev–Trinajstić information content (AvgIpc) is 3.24. The summed E-state index contributed by atoms with van der Waals surface area (Å²) in [5.41, 5.74) is 2.34. The van der Waals surface area contributed by atoms with Crippen molar-refractivity contribution in [2.24, 2.45) is 5.92 Å². The van der Waals surface area contributed by atoms with Gasteiger partial charge in [0.2, 0.25) is 0 Å². The molecule has 0 aliphatic carbocycles. The molecule has 6 nitrogen and oxygen atoms in total. The summed E-state index contributed by atoms with van der Waals surface area (Å²) in [6.07, 6.45) is 9.58.